The van der Waals surface area contributed by atoms with Crippen LogP contribution in [-0.2, 0) is 60.7 Å². The van der Waals surface area contributed by atoms with Gasteiger partial charge in [-0.25, -0.2) is 19.2 Å². The van der Waals surface area contributed by atoms with Crippen molar-refractivity contribution in [3.8, 4) is 11.5 Å². The Morgan fingerprint density at radius 1 is 0.989 bits per heavy atom. The lowest BCUT2D eigenvalue weighted by Crippen LogP contribution is -2.63. The number of rotatable bonds is 20. The summed E-state index contributed by atoms with van der Waals surface area (Å²) in [4.78, 5) is 125. The molecule has 4 aliphatic rings. The van der Waals surface area contributed by atoms with Gasteiger partial charge in [-0.15, -0.1) is 0 Å². The normalized spacial score (nSPS) is 23.7. The number of carbonyl (C=O) groups is 9. The van der Waals surface area contributed by atoms with Gasteiger partial charge in [-0.1, -0.05) is 101 Å². The van der Waals surface area contributed by atoms with Gasteiger partial charge in [0.15, 0.2) is 11.5 Å². The van der Waals surface area contributed by atoms with Gasteiger partial charge >= 0.3 is 24.2 Å². The van der Waals surface area contributed by atoms with E-state index in [1.165, 1.54) is 81.1 Å². The molecule has 25 nitrogen and oxygen atoms in total. The van der Waals surface area contributed by atoms with E-state index in [2.05, 4.69) is 37.2 Å². The third-order valence-corrected chi connectivity index (χ3v) is 18.1. The Morgan fingerprint density at radius 2 is 1.73 bits per heavy atom. The first kappa shape index (κ1) is 72.2. The van der Waals surface area contributed by atoms with E-state index in [0.717, 1.165) is 55.0 Å². The quantitative estimate of drug-likeness (QED) is 0.0278. The van der Waals surface area contributed by atoms with Crippen molar-refractivity contribution in [3.63, 3.8) is 0 Å². The molecule has 494 valence electrons. The summed E-state index contributed by atoms with van der Waals surface area (Å²) in [6, 6.07) is 6.66. The van der Waals surface area contributed by atoms with Gasteiger partial charge in [0.1, 0.15) is 47.3 Å². The van der Waals surface area contributed by atoms with Gasteiger partial charge in [0.25, 0.3) is 5.24 Å². The van der Waals surface area contributed by atoms with Crippen molar-refractivity contribution in [2.24, 2.45) is 5.92 Å². The molecule has 3 aliphatic heterocycles. The van der Waals surface area contributed by atoms with Gasteiger partial charge in [-0.05, 0) is 81.8 Å². The highest BCUT2D eigenvalue weighted by Crippen LogP contribution is 2.49. The lowest BCUT2D eigenvalue weighted by Gasteiger charge is -2.42. The van der Waals surface area contributed by atoms with Crippen molar-refractivity contribution >= 4 is 104 Å². The number of nitrogens with one attached hydrogen (secondary N) is 4. The average molecular weight is 1360 g/mol. The third kappa shape index (κ3) is 20.0. The van der Waals surface area contributed by atoms with Crippen LogP contribution in [0, 0.1) is 5.92 Å². The molecule has 1 aliphatic carbocycles. The van der Waals surface area contributed by atoms with Gasteiger partial charge in [-0.3, -0.25) is 29.3 Å². The SMILES string of the molecule is COc1cc2cc(c1Cl)N(C)C(=O)C[C@H](OC(=O)[C@H](C)N(C)C(=O)CCSC(=O)N(C)CCN(C)C(=O)OCc1ccc(OC(=O)NC3C=CCCCCC3)c(NC(=O)CCNC(=O)CBr)c1)[C@]1(C)O[C@H]1[C@H](C)[C@@H]1C[C@@](O)(NC(=O)O1)[C@H](OC)C=CC=C(C)C2. The zero-order valence-electron chi connectivity index (χ0n) is 52.6. The van der Waals surface area contributed by atoms with Crippen LogP contribution < -0.4 is 35.6 Å². The number of thioether (sulfide) groups is 1. The number of likely N-dealkylation sites (N-methyl/N-ethyl adjacent to an activating group) is 3. The Hall–Kier alpha value is -6.91. The van der Waals surface area contributed by atoms with E-state index in [1.54, 1.807) is 44.2 Å². The molecular weight excluding hydrogens is 1280 g/mol. The maximum atomic E-state index is 14.4. The molecule has 3 heterocycles. The molecule has 0 radical (unpaired) electrons. The fourth-order valence-corrected chi connectivity index (χ4v) is 11.7. The fraction of sp³-hybridized carbons (Fsp3) is 0.565. The topological polar surface area (TPSA) is 303 Å². The molecule has 5 N–H and O–H groups in total. The molecule has 4 bridgehead atoms. The summed E-state index contributed by atoms with van der Waals surface area (Å²) in [5, 5.41) is 22.4. The number of alkyl carbamates (subject to hydrolysis) is 1. The fourth-order valence-electron chi connectivity index (χ4n) is 10.5. The number of ether oxygens (including phenoxy) is 7. The van der Waals surface area contributed by atoms with Crippen LogP contribution in [0.4, 0.5) is 30.6 Å². The van der Waals surface area contributed by atoms with E-state index >= 15 is 0 Å². The number of benzene rings is 2. The summed E-state index contributed by atoms with van der Waals surface area (Å²) in [7, 11) is 8.84. The smallest absolute Gasteiger partial charge is 0.413 e. The molecule has 1 unspecified atom stereocenters. The van der Waals surface area contributed by atoms with Crippen LogP contribution in [0.1, 0.15) is 96.6 Å². The Labute approximate surface area is 542 Å². The maximum absolute atomic E-state index is 14.4. The molecule has 28 heteroatoms. The first-order chi connectivity index (χ1) is 42.7. The lowest BCUT2D eigenvalue weighted by atomic mass is 9.83. The number of anilines is 2. The number of aliphatic hydroxyl groups is 1. The predicted molar refractivity (Wildman–Crippen MR) is 341 cm³/mol. The number of epoxide rings is 1. The molecule has 0 aromatic heterocycles. The largest absolute Gasteiger partial charge is 0.495 e. The van der Waals surface area contributed by atoms with Crippen LogP contribution in [0.25, 0.3) is 0 Å². The van der Waals surface area contributed by atoms with Gasteiger partial charge in [0.05, 0.1) is 42.4 Å². The van der Waals surface area contributed by atoms with Crippen molar-refractivity contribution in [3.05, 3.63) is 82.4 Å². The average Bonchev–Trinajstić information content (AvgIpc) is 1.57. The van der Waals surface area contributed by atoms with Crippen molar-refractivity contribution in [2.75, 3.05) is 83.3 Å². The number of nitrogens with zero attached hydrogens (tertiary/aromatic N) is 4. The number of amides is 8. The highest BCUT2D eigenvalue weighted by molar-refractivity contribution is 9.09. The first-order valence-corrected chi connectivity index (χ1v) is 32.2. The van der Waals surface area contributed by atoms with Gasteiger partial charge in [0, 0.05) is 85.9 Å². The second-order valence-electron chi connectivity index (χ2n) is 23.0. The number of carbonyl (C=O) groups excluding carboxylic acids is 9. The number of alkyl halides is 1. The molecule has 0 spiro atoms. The molecule has 2 fully saturated rings. The zero-order valence-corrected chi connectivity index (χ0v) is 55.7. The minimum atomic E-state index is -1.90. The van der Waals surface area contributed by atoms with E-state index in [0.29, 0.717) is 23.4 Å². The van der Waals surface area contributed by atoms with Crippen molar-refractivity contribution in [1.82, 2.24) is 30.7 Å². The minimum Gasteiger partial charge on any atom is -0.495 e. The number of methoxy groups -OCH3 is 2. The first-order valence-electron chi connectivity index (χ1n) is 29.7. The Kier molecular flexibility index (Phi) is 26.8. The number of hydrogen-bond acceptors (Lipinski definition) is 18. The summed E-state index contributed by atoms with van der Waals surface area (Å²) in [5.41, 5.74) is -0.692. The zero-order chi connectivity index (χ0) is 66.0. The van der Waals surface area contributed by atoms with E-state index in [-0.39, 0.29) is 85.0 Å². The molecule has 9 atom stereocenters. The summed E-state index contributed by atoms with van der Waals surface area (Å²) in [5.74, 6) is -2.85. The van der Waals surface area contributed by atoms with Crippen LogP contribution in [0.15, 0.2) is 66.3 Å². The van der Waals surface area contributed by atoms with Crippen LogP contribution in [0.5, 0.6) is 11.5 Å². The molecule has 6 rings (SSSR count). The van der Waals surface area contributed by atoms with Gasteiger partial charge < -0.3 is 73.8 Å². The van der Waals surface area contributed by atoms with Crippen LogP contribution in [-0.4, -0.2) is 194 Å². The summed E-state index contributed by atoms with van der Waals surface area (Å²) in [6.07, 6.45) is 7.21. The monoisotopic (exact) mass is 1360 g/mol. The molecule has 8 amide bonds. The van der Waals surface area contributed by atoms with Crippen LogP contribution in [0.3, 0.4) is 0 Å². The number of esters is 1. The molecule has 2 aromatic rings. The molecule has 90 heavy (non-hydrogen) atoms. The Morgan fingerprint density at radius 3 is 2.46 bits per heavy atom. The Bertz CT molecular complexity index is 3050. The standard InChI is InChI=1S/C62H84BrClN8O17S/c1-37-17-16-20-48(84-10)62(82)34-47(87-58(79)68-62)38(2)55-61(4,89-55)49(33-53(76)72(8)44-31-41(29-37)32-46(83-9)54(44)64)88-56(77)39(3)71(7)52(75)24-28-90-60(81)70(6)27-26-69(5)59(80)85-36-40-21-22-45(43(30-40)67-50(73)23-25-65-51(74)35-63)86-57(78)66-42-18-14-12-11-13-15-19-42/h14,16-18,20-22,30-32,38-39,42,47-49,55,82H,11-13,15,19,23-29,33-36H2,1-10H3,(H,65,74)(H,66,78)(H,67,73)(H,68,79)/t38-,39+,42?,47+,48-,49+,55+,61+,62+/m1/s1. The molecule has 2 aromatic carbocycles. The lowest BCUT2D eigenvalue weighted by molar-refractivity contribution is -0.162. The predicted octanol–water partition coefficient (Wildman–Crippen LogP) is 7.78. The van der Waals surface area contributed by atoms with Crippen molar-refractivity contribution < 1.29 is 81.4 Å². The highest BCUT2D eigenvalue weighted by Gasteiger charge is 2.64. The number of hydrogen-bond donors (Lipinski definition) is 5. The highest BCUT2D eigenvalue weighted by atomic mass is 79.9. The number of halogens is 2. The number of fused-ring (bicyclic) bond motifs is 5. The van der Waals surface area contributed by atoms with E-state index in [4.69, 9.17) is 44.8 Å². The van der Waals surface area contributed by atoms with Gasteiger partial charge in [0.2, 0.25) is 23.6 Å². The Balaban J connectivity index is 1.03. The van der Waals surface area contributed by atoms with Gasteiger partial charge in [-0.2, -0.15) is 0 Å². The number of allylic oxidation sites excluding steroid dienone is 4. The summed E-state index contributed by atoms with van der Waals surface area (Å²) in [6.45, 7) is 6.76. The van der Waals surface area contributed by atoms with Crippen LogP contribution in [0.2, 0.25) is 5.02 Å². The second kappa shape index (κ2) is 33.4. The maximum Gasteiger partial charge on any atom is 0.413 e. The second-order valence-corrected chi connectivity index (χ2v) is 25.0. The van der Waals surface area contributed by atoms with E-state index in [1.807, 2.05) is 25.2 Å². The summed E-state index contributed by atoms with van der Waals surface area (Å²) < 4.78 is 40.7. The summed E-state index contributed by atoms with van der Waals surface area (Å²) >= 11 is 10.8. The molecule has 2 saturated heterocycles. The van der Waals surface area contributed by atoms with E-state index < -0.39 is 101 Å². The van der Waals surface area contributed by atoms with E-state index in [9.17, 15) is 48.3 Å². The van der Waals surface area contributed by atoms with Crippen molar-refractivity contribution in [2.45, 2.75) is 146 Å². The molecule has 0 saturated carbocycles. The molecular formula is C62H84BrClN8O17S. The minimum absolute atomic E-state index is 0.0334. The van der Waals surface area contributed by atoms with Crippen LogP contribution >= 0.6 is 39.3 Å². The van der Waals surface area contributed by atoms with Crippen molar-refractivity contribution in [1.29, 1.82) is 0 Å². The third-order valence-electron chi connectivity index (χ3n) is 16.2.